The lowest BCUT2D eigenvalue weighted by Crippen LogP contribution is -2.24. The third-order valence-corrected chi connectivity index (χ3v) is 3.94. The molecule has 1 unspecified atom stereocenters. The molecule has 0 amide bonds. The van der Waals surface area contributed by atoms with Crippen LogP contribution < -0.4 is 4.90 Å². The summed E-state index contributed by atoms with van der Waals surface area (Å²) >= 11 is 1.60. The molecule has 0 saturated carbocycles. The van der Waals surface area contributed by atoms with E-state index in [1.807, 2.05) is 6.92 Å². The monoisotopic (exact) mass is 250 g/mol. The zero-order valence-corrected chi connectivity index (χ0v) is 11.3. The van der Waals surface area contributed by atoms with Crippen molar-refractivity contribution in [3.05, 3.63) is 29.3 Å². The second-order valence-corrected chi connectivity index (χ2v) is 5.33. The molecule has 92 valence electrons. The Hall–Kier alpha value is -1.00. The molecule has 0 spiro atoms. The number of ether oxygens (including phenoxy) is 1. The van der Waals surface area contributed by atoms with Crippen molar-refractivity contribution in [2.75, 3.05) is 24.3 Å². The van der Waals surface area contributed by atoms with Gasteiger partial charge in [-0.2, -0.15) is 0 Å². The number of aryl methyl sites for hydroxylation is 1. The molecular weight excluding hydrogens is 232 g/mol. The first-order chi connectivity index (χ1) is 8.13. The van der Waals surface area contributed by atoms with Gasteiger partial charge in [-0.05, 0) is 19.9 Å². The van der Waals surface area contributed by atoms with Crippen molar-refractivity contribution >= 4 is 22.6 Å². The van der Waals surface area contributed by atoms with Gasteiger partial charge in [0.25, 0.3) is 0 Å². The van der Waals surface area contributed by atoms with E-state index in [9.17, 15) is 0 Å². The lowest BCUT2D eigenvalue weighted by atomic mass is 10.0. The molecule has 4 heteroatoms. The number of hydrogen-bond acceptors (Lipinski definition) is 3. The predicted octanol–water partition coefficient (Wildman–Crippen LogP) is 3.19. The number of nitrogens with zero attached hydrogens (tertiary/aromatic N) is 1. The molecule has 1 aliphatic heterocycles. The Labute approximate surface area is 107 Å². The Bertz CT molecular complexity index is 433. The SMILES string of the molecule is COC(C)c1cc(C)ccc1N1CCSC1=N. The van der Waals surface area contributed by atoms with Gasteiger partial charge in [-0.15, -0.1) is 0 Å². The van der Waals surface area contributed by atoms with E-state index in [2.05, 4.69) is 30.0 Å². The summed E-state index contributed by atoms with van der Waals surface area (Å²) in [6.07, 6.45) is 0.0586. The third kappa shape index (κ3) is 2.48. The normalized spacial score (nSPS) is 17.6. The topological polar surface area (TPSA) is 36.3 Å². The highest BCUT2D eigenvalue weighted by Gasteiger charge is 2.23. The molecule has 1 aliphatic rings. The van der Waals surface area contributed by atoms with Crippen LogP contribution in [0.15, 0.2) is 18.2 Å². The number of amidine groups is 1. The van der Waals surface area contributed by atoms with E-state index in [0.29, 0.717) is 5.17 Å². The zero-order valence-electron chi connectivity index (χ0n) is 10.5. The summed E-state index contributed by atoms with van der Waals surface area (Å²) in [5, 5.41) is 8.58. The Balaban J connectivity index is 2.41. The van der Waals surface area contributed by atoms with Crippen LogP contribution in [-0.2, 0) is 4.74 Å². The Morgan fingerprint density at radius 2 is 2.24 bits per heavy atom. The summed E-state index contributed by atoms with van der Waals surface area (Å²) in [5.41, 5.74) is 3.51. The maximum atomic E-state index is 7.94. The summed E-state index contributed by atoms with van der Waals surface area (Å²) in [6.45, 7) is 5.04. The van der Waals surface area contributed by atoms with Crippen molar-refractivity contribution < 1.29 is 4.74 Å². The molecule has 0 radical (unpaired) electrons. The highest BCUT2D eigenvalue weighted by Crippen LogP contribution is 2.33. The predicted molar refractivity (Wildman–Crippen MR) is 74.1 cm³/mol. The number of rotatable bonds is 3. The molecule has 0 aromatic heterocycles. The van der Waals surface area contributed by atoms with Crippen molar-refractivity contribution in [2.45, 2.75) is 20.0 Å². The van der Waals surface area contributed by atoms with E-state index >= 15 is 0 Å². The van der Waals surface area contributed by atoms with Gasteiger partial charge in [0, 0.05) is 30.7 Å². The number of anilines is 1. The summed E-state index contributed by atoms with van der Waals surface area (Å²) < 4.78 is 5.42. The minimum absolute atomic E-state index is 0.0586. The van der Waals surface area contributed by atoms with Crippen molar-refractivity contribution in [3.63, 3.8) is 0 Å². The molecule has 17 heavy (non-hydrogen) atoms. The van der Waals surface area contributed by atoms with Crippen LogP contribution in [0.2, 0.25) is 0 Å². The Morgan fingerprint density at radius 1 is 1.47 bits per heavy atom. The summed E-state index contributed by atoms with van der Waals surface area (Å²) in [5.74, 6) is 0.994. The van der Waals surface area contributed by atoms with Gasteiger partial charge in [-0.25, -0.2) is 0 Å². The fourth-order valence-electron chi connectivity index (χ4n) is 2.02. The van der Waals surface area contributed by atoms with Crippen LogP contribution in [0, 0.1) is 12.3 Å². The van der Waals surface area contributed by atoms with Gasteiger partial charge in [-0.1, -0.05) is 29.5 Å². The smallest absolute Gasteiger partial charge is 0.160 e. The van der Waals surface area contributed by atoms with Crippen LogP contribution in [0.25, 0.3) is 0 Å². The Kier molecular flexibility index (Phi) is 3.74. The Morgan fingerprint density at radius 3 is 2.82 bits per heavy atom. The molecule has 2 rings (SSSR count). The van der Waals surface area contributed by atoms with Crippen molar-refractivity contribution in [2.24, 2.45) is 0 Å². The highest BCUT2D eigenvalue weighted by molar-refractivity contribution is 8.14. The van der Waals surface area contributed by atoms with Crippen LogP contribution in [-0.4, -0.2) is 24.6 Å². The maximum absolute atomic E-state index is 7.94. The second-order valence-electron chi connectivity index (χ2n) is 4.25. The summed E-state index contributed by atoms with van der Waals surface area (Å²) in [4.78, 5) is 2.06. The molecule has 0 aliphatic carbocycles. The van der Waals surface area contributed by atoms with E-state index in [-0.39, 0.29) is 6.10 Å². The van der Waals surface area contributed by atoms with Gasteiger partial charge >= 0.3 is 0 Å². The van der Waals surface area contributed by atoms with E-state index < -0.39 is 0 Å². The van der Waals surface area contributed by atoms with Gasteiger partial charge in [0.2, 0.25) is 0 Å². The molecule has 1 atom stereocenters. The van der Waals surface area contributed by atoms with E-state index in [1.165, 1.54) is 11.1 Å². The first-order valence-electron chi connectivity index (χ1n) is 5.75. The van der Waals surface area contributed by atoms with Crippen molar-refractivity contribution in [3.8, 4) is 0 Å². The van der Waals surface area contributed by atoms with Gasteiger partial charge < -0.3 is 9.64 Å². The maximum Gasteiger partial charge on any atom is 0.160 e. The van der Waals surface area contributed by atoms with Crippen LogP contribution in [0.5, 0.6) is 0 Å². The van der Waals surface area contributed by atoms with Crippen molar-refractivity contribution in [1.82, 2.24) is 0 Å². The quantitative estimate of drug-likeness (QED) is 0.895. The van der Waals surface area contributed by atoms with Crippen LogP contribution >= 0.6 is 11.8 Å². The van der Waals surface area contributed by atoms with E-state index in [4.69, 9.17) is 10.1 Å². The number of benzene rings is 1. The minimum Gasteiger partial charge on any atom is -0.377 e. The average Bonchev–Trinajstić information content (AvgIpc) is 2.74. The summed E-state index contributed by atoms with van der Waals surface area (Å²) in [7, 11) is 1.72. The molecule has 1 fully saturated rings. The number of methoxy groups -OCH3 is 1. The van der Waals surface area contributed by atoms with Crippen LogP contribution in [0.1, 0.15) is 24.2 Å². The van der Waals surface area contributed by atoms with E-state index in [0.717, 1.165) is 18.0 Å². The first-order valence-corrected chi connectivity index (χ1v) is 6.74. The van der Waals surface area contributed by atoms with Gasteiger partial charge in [0.05, 0.1) is 6.10 Å². The van der Waals surface area contributed by atoms with Crippen LogP contribution in [0.3, 0.4) is 0 Å². The highest BCUT2D eigenvalue weighted by atomic mass is 32.2. The first kappa shape index (κ1) is 12.5. The number of hydrogen-bond donors (Lipinski definition) is 1. The fraction of sp³-hybridized carbons (Fsp3) is 0.462. The fourth-order valence-corrected chi connectivity index (χ4v) is 2.83. The van der Waals surface area contributed by atoms with Crippen molar-refractivity contribution in [1.29, 1.82) is 5.41 Å². The lowest BCUT2D eigenvalue weighted by Gasteiger charge is -2.23. The van der Waals surface area contributed by atoms with Gasteiger partial charge in [-0.3, -0.25) is 5.41 Å². The molecule has 1 saturated heterocycles. The van der Waals surface area contributed by atoms with E-state index in [1.54, 1.807) is 18.9 Å². The zero-order chi connectivity index (χ0) is 12.4. The number of thioether (sulfide) groups is 1. The second kappa shape index (κ2) is 5.10. The lowest BCUT2D eigenvalue weighted by molar-refractivity contribution is 0.120. The average molecular weight is 250 g/mol. The minimum atomic E-state index is 0.0586. The van der Waals surface area contributed by atoms with Crippen LogP contribution in [0.4, 0.5) is 5.69 Å². The molecule has 0 bridgehead atoms. The van der Waals surface area contributed by atoms with Gasteiger partial charge in [0.1, 0.15) is 0 Å². The molecule has 1 N–H and O–H groups in total. The largest absolute Gasteiger partial charge is 0.377 e. The molecule has 1 aromatic carbocycles. The molecule has 1 aromatic rings. The summed E-state index contributed by atoms with van der Waals surface area (Å²) in [6, 6.07) is 6.35. The molecular formula is C13H18N2OS. The molecule has 1 heterocycles. The molecule has 3 nitrogen and oxygen atoms in total. The number of nitrogens with one attached hydrogen (secondary N) is 1. The van der Waals surface area contributed by atoms with Gasteiger partial charge in [0.15, 0.2) is 5.17 Å². The third-order valence-electron chi connectivity index (χ3n) is 3.06. The standard InChI is InChI=1S/C13H18N2OS/c1-9-4-5-12(11(8-9)10(2)16-3)15-6-7-17-13(15)14/h4-5,8,10,14H,6-7H2,1-3H3.